The summed E-state index contributed by atoms with van der Waals surface area (Å²) in [6.07, 6.45) is 6.27. The van der Waals surface area contributed by atoms with Gasteiger partial charge < -0.3 is 15.4 Å². The summed E-state index contributed by atoms with van der Waals surface area (Å²) in [5.74, 6) is 0.742. The first kappa shape index (κ1) is 24.0. The van der Waals surface area contributed by atoms with Crippen molar-refractivity contribution in [2.45, 2.75) is 79.6 Å². The first-order chi connectivity index (χ1) is 13.6. The van der Waals surface area contributed by atoms with Crippen molar-refractivity contribution in [2.75, 3.05) is 30.3 Å². The second-order valence-corrected chi connectivity index (χ2v) is 10.0. The van der Waals surface area contributed by atoms with E-state index in [2.05, 4.69) is 75.1 Å². The highest BCUT2D eigenvalue weighted by Crippen LogP contribution is 2.35. The number of fused-ring (bicyclic) bond motifs is 2. The molecule has 0 fully saturated rings. The van der Waals surface area contributed by atoms with Crippen LogP contribution in [0.2, 0.25) is 0 Å². The molecule has 0 saturated heterocycles. The SMILES string of the molecule is C.CC(C)(C)c1cnc2c(c1)NCCC2.Cc1c(C(C)(C)C)cnc2c1NCCO2. The maximum Gasteiger partial charge on any atom is 0.237 e. The molecule has 30 heavy (non-hydrogen) atoms. The molecule has 4 rings (SSSR count). The van der Waals surface area contributed by atoms with Crippen LogP contribution in [0.1, 0.15) is 77.8 Å². The molecule has 0 amide bonds. The Hall–Kier alpha value is -2.30. The monoisotopic (exact) mass is 412 g/mol. The van der Waals surface area contributed by atoms with Crippen LogP contribution in [0.5, 0.6) is 5.88 Å². The fraction of sp³-hybridized carbons (Fsp3) is 0.600. The van der Waals surface area contributed by atoms with Crippen LogP contribution >= 0.6 is 0 Å². The lowest BCUT2D eigenvalue weighted by molar-refractivity contribution is 0.309. The van der Waals surface area contributed by atoms with Crippen LogP contribution in [0.25, 0.3) is 0 Å². The van der Waals surface area contributed by atoms with Gasteiger partial charge in [-0.05, 0) is 53.4 Å². The van der Waals surface area contributed by atoms with Crippen LogP contribution in [0.3, 0.4) is 0 Å². The molecule has 2 N–H and O–H groups in total. The average Bonchev–Trinajstić information content (AvgIpc) is 2.67. The first-order valence-electron chi connectivity index (χ1n) is 10.7. The van der Waals surface area contributed by atoms with Gasteiger partial charge in [0.25, 0.3) is 0 Å². The Morgan fingerprint density at radius 2 is 1.67 bits per heavy atom. The van der Waals surface area contributed by atoms with Gasteiger partial charge in [-0.3, -0.25) is 4.98 Å². The van der Waals surface area contributed by atoms with Crippen molar-refractivity contribution in [3.63, 3.8) is 0 Å². The number of hydrogen-bond donors (Lipinski definition) is 2. The summed E-state index contributed by atoms with van der Waals surface area (Å²) in [5, 5.41) is 6.77. The van der Waals surface area contributed by atoms with E-state index in [0.29, 0.717) is 6.61 Å². The third kappa shape index (κ3) is 5.44. The zero-order valence-electron chi connectivity index (χ0n) is 19.1. The van der Waals surface area contributed by atoms with Gasteiger partial charge in [-0.1, -0.05) is 49.0 Å². The molecule has 2 aliphatic heterocycles. The second kappa shape index (κ2) is 9.23. The van der Waals surface area contributed by atoms with E-state index in [1.165, 1.54) is 34.5 Å². The molecule has 0 radical (unpaired) electrons. The minimum absolute atomic E-state index is 0. The van der Waals surface area contributed by atoms with Gasteiger partial charge in [-0.2, -0.15) is 0 Å². The molecule has 2 aromatic rings. The summed E-state index contributed by atoms with van der Waals surface area (Å²) < 4.78 is 5.50. The predicted molar refractivity (Wildman–Crippen MR) is 128 cm³/mol. The zero-order chi connectivity index (χ0) is 21.2. The van der Waals surface area contributed by atoms with Crippen LogP contribution in [0, 0.1) is 6.92 Å². The highest BCUT2D eigenvalue weighted by molar-refractivity contribution is 5.62. The first-order valence-corrected chi connectivity index (χ1v) is 10.7. The van der Waals surface area contributed by atoms with Crippen molar-refractivity contribution in [1.82, 2.24) is 9.97 Å². The predicted octanol–water partition coefficient (Wildman–Crippen LogP) is 5.87. The minimum atomic E-state index is 0. The van der Waals surface area contributed by atoms with Crippen LogP contribution in [0.4, 0.5) is 11.4 Å². The molecule has 0 spiro atoms. The Morgan fingerprint density at radius 3 is 2.33 bits per heavy atom. The molecule has 2 aromatic heterocycles. The van der Waals surface area contributed by atoms with Gasteiger partial charge in [0.2, 0.25) is 5.88 Å². The van der Waals surface area contributed by atoms with Crippen molar-refractivity contribution in [1.29, 1.82) is 0 Å². The summed E-state index contributed by atoms with van der Waals surface area (Å²) in [7, 11) is 0. The number of nitrogens with zero attached hydrogens (tertiary/aromatic N) is 2. The number of ether oxygens (including phenoxy) is 1. The zero-order valence-corrected chi connectivity index (χ0v) is 19.1. The summed E-state index contributed by atoms with van der Waals surface area (Å²) in [5.41, 5.74) is 7.70. The lowest BCUT2D eigenvalue weighted by atomic mass is 9.85. The van der Waals surface area contributed by atoms with Crippen LogP contribution < -0.4 is 15.4 Å². The minimum Gasteiger partial charge on any atom is -0.474 e. The summed E-state index contributed by atoms with van der Waals surface area (Å²) in [6, 6.07) is 2.25. The van der Waals surface area contributed by atoms with Crippen LogP contribution in [-0.4, -0.2) is 29.7 Å². The van der Waals surface area contributed by atoms with Gasteiger partial charge in [0.05, 0.1) is 11.4 Å². The highest BCUT2D eigenvalue weighted by Gasteiger charge is 2.22. The van der Waals surface area contributed by atoms with Gasteiger partial charge in [0.15, 0.2) is 0 Å². The molecule has 4 heterocycles. The van der Waals surface area contributed by atoms with Gasteiger partial charge in [0.1, 0.15) is 12.3 Å². The number of nitrogens with one attached hydrogen (secondary N) is 2. The Kier molecular flexibility index (Phi) is 7.38. The summed E-state index contributed by atoms with van der Waals surface area (Å²) in [4.78, 5) is 8.88. The summed E-state index contributed by atoms with van der Waals surface area (Å²) >= 11 is 0. The molecule has 5 heteroatoms. The second-order valence-electron chi connectivity index (χ2n) is 10.0. The molecule has 0 saturated carbocycles. The molecule has 0 atom stereocenters. The number of hydrogen-bond acceptors (Lipinski definition) is 5. The van der Waals surface area contributed by atoms with Gasteiger partial charge in [0, 0.05) is 25.5 Å². The van der Waals surface area contributed by atoms with Crippen molar-refractivity contribution in [2.24, 2.45) is 0 Å². The lowest BCUT2D eigenvalue weighted by Gasteiger charge is -2.26. The normalized spacial score (nSPS) is 15.0. The van der Waals surface area contributed by atoms with Crippen molar-refractivity contribution in [3.8, 4) is 5.88 Å². The Balaban J connectivity index is 0.000000207. The van der Waals surface area contributed by atoms with E-state index < -0.39 is 0 Å². The van der Waals surface area contributed by atoms with Gasteiger partial charge >= 0.3 is 0 Å². The highest BCUT2D eigenvalue weighted by atomic mass is 16.5. The Morgan fingerprint density at radius 1 is 0.933 bits per heavy atom. The number of aromatic nitrogens is 2. The van der Waals surface area contributed by atoms with Crippen LogP contribution in [-0.2, 0) is 17.3 Å². The number of aryl methyl sites for hydroxylation is 1. The lowest BCUT2D eigenvalue weighted by Crippen LogP contribution is -2.22. The van der Waals surface area contributed by atoms with E-state index in [0.717, 1.165) is 31.1 Å². The van der Waals surface area contributed by atoms with E-state index >= 15 is 0 Å². The number of rotatable bonds is 0. The van der Waals surface area contributed by atoms with Gasteiger partial charge in [-0.15, -0.1) is 0 Å². The maximum absolute atomic E-state index is 5.50. The Bertz CT molecular complexity index is 863. The van der Waals surface area contributed by atoms with E-state index in [1.807, 2.05) is 12.4 Å². The molecule has 0 bridgehead atoms. The van der Waals surface area contributed by atoms with Gasteiger partial charge in [-0.25, -0.2) is 4.98 Å². The Labute approximate surface area is 183 Å². The maximum atomic E-state index is 5.50. The third-order valence-corrected chi connectivity index (χ3v) is 5.50. The number of anilines is 2. The largest absolute Gasteiger partial charge is 0.474 e. The molecule has 2 aliphatic rings. The third-order valence-electron chi connectivity index (χ3n) is 5.50. The van der Waals surface area contributed by atoms with E-state index in [-0.39, 0.29) is 18.3 Å². The molecule has 0 unspecified atom stereocenters. The van der Waals surface area contributed by atoms with E-state index in [1.54, 1.807) is 0 Å². The summed E-state index contributed by atoms with van der Waals surface area (Å²) in [6.45, 7) is 18.0. The smallest absolute Gasteiger partial charge is 0.237 e. The van der Waals surface area contributed by atoms with Crippen molar-refractivity contribution < 1.29 is 4.74 Å². The van der Waals surface area contributed by atoms with Crippen LogP contribution in [0.15, 0.2) is 18.5 Å². The standard InChI is InChI=1S/C12H18N2O.C12H18N2.CH4/c1-8-9(12(2,3)4)7-14-11-10(8)13-5-6-15-11;1-12(2,3)9-7-11-10(14-8-9)5-4-6-13-11;/h7,13H,5-6H2,1-4H3;7-8,13H,4-6H2,1-3H3;1H4. The molecular formula is C25H40N4O. The van der Waals surface area contributed by atoms with Crippen molar-refractivity contribution >= 4 is 11.4 Å². The molecule has 0 aromatic carbocycles. The molecule has 5 nitrogen and oxygen atoms in total. The molecular weight excluding hydrogens is 372 g/mol. The van der Waals surface area contributed by atoms with E-state index in [9.17, 15) is 0 Å². The fourth-order valence-corrected chi connectivity index (χ4v) is 3.71. The molecule has 0 aliphatic carbocycles. The molecule has 166 valence electrons. The van der Waals surface area contributed by atoms with E-state index in [4.69, 9.17) is 4.74 Å². The number of pyridine rings is 2. The average molecular weight is 413 g/mol. The fourth-order valence-electron chi connectivity index (χ4n) is 3.71. The van der Waals surface area contributed by atoms with Crippen molar-refractivity contribution in [3.05, 3.63) is 40.8 Å². The topological polar surface area (TPSA) is 59.1 Å². The quantitative estimate of drug-likeness (QED) is 0.567.